The first kappa shape index (κ1) is 28.7. The highest BCUT2D eigenvalue weighted by molar-refractivity contribution is 5.90. The summed E-state index contributed by atoms with van der Waals surface area (Å²) in [4.78, 5) is 18.1. The van der Waals surface area contributed by atoms with Crippen molar-refractivity contribution in [3.05, 3.63) is 59.4 Å². The van der Waals surface area contributed by atoms with Crippen LogP contribution < -0.4 is 10.6 Å². The Kier molecular flexibility index (Phi) is 9.27. The van der Waals surface area contributed by atoms with Crippen LogP contribution in [-0.2, 0) is 13.5 Å². The molecule has 5 rings (SSSR count). The molecule has 2 aliphatic heterocycles. The van der Waals surface area contributed by atoms with E-state index in [0.29, 0.717) is 24.0 Å². The van der Waals surface area contributed by atoms with Crippen molar-refractivity contribution < 1.29 is 9.18 Å². The van der Waals surface area contributed by atoms with E-state index in [1.165, 1.54) is 12.0 Å². The van der Waals surface area contributed by atoms with Crippen LogP contribution in [0.4, 0.5) is 14.9 Å². The fourth-order valence-electron chi connectivity index (χ4n) is 6.32. The molecule has 1 aromatic heterocycles. The number of carbonyl (C=O) groups is 1. The molecule has 0 aliphatic carbocycles. The second-order valence-corrected chi connectivity index (χ2v) is 11.5. The van der Waals surface area contributed by atoms with Gasteiger partial charge in [-0.05, 0) is 97.0 Å². The van der Waals surface area contributed by atoms with E-state index >= 15 is 0 Å². The zero-order chi connectivity index (χ0) is 28.8. The van der Waals surface area contributed by atoms with Crippen molar-refractivity contribution >= 4 is 11.7 Å². The Bertz CT molecular complexity index is 1370. The number of urea groups is 1. The number of benzene rings is 2. The van der Waals surface area contributed by atoms with Crippen molar-refractivity contribution in [2.24, 2.45) is 18.9 Å². The monoisotopic (exact) mass is 558 g/mol. The summed E-state index contributed by atoms with van der Waals surface area (Å²) < 4.78 is 15.0. The molecule has 9 nitrogen and oxygen atoms in total. The maximum Gasteiger partial charge on any atom is 0.319 e. The number of carbonyl (C=O) groups excluding carboxylic acids is 1. The number of hydrogen-bond acceptors (Lipinski definition) is 6. The zero-order valence-corrected chi connectivity index (χ0v) is 23.9. The molecule has 0 spiro atoms. The molecule has 2 N–H and O–H groups in total. The van der Waals surface area contributed by atoms with Crippen LogP contribution in [0.5, 0.6) is 0 Å². The third-order valence-electron chi connectivity index (χ3n) is 8.20. The first-order valence-corrected chi connectivity index (χ1v) is 14.4. The topological polar surface area (TPSA) is 91.2 Å². The number of piperidine rings is 2. The summed E-state index contributed by atoms with van der Waals surface area (Å²) in [5, 5.41) is 18.1. The second kappa shape index (κ2) is 13.2. The third kappa shape index (κ3) is 7.69. The summed E-state index contributed by atoms with van der Waals surface area (Å²) >= 11 is 0. The van der Waals surface area contributed by atoms with E-state index in [1.54, 1.807) is 23.9 Å². The van der Waals surface area contributed by atoms with Gasteiger partial charge in [0, 0.05) is 56.4 Å². The van der Waals surface area contributed by atoms with Crippen LogP contribution in [-0.4, -0.2) is 81.3 Å². The normalized spacial score (nSPS) is 21.8. The molecule has 3 atom stereocenters. The fourth-order valence-corrected chi connectivity index (χ4v) is 6.32. The minimum Gasteiger partial charge on any atom is -0.335 e. The largest absolute Gasteiger partial charge is 0.335 e. The maximum atomic E-state index is 13.4. The molecular formula is C31H39FN8O. The highest BCUT2D eigenvalue weighted by Gasteiger charge is 2.33. The van der Waals surface area contributed by atoms with Crippen molar-refractivity contribution in [2.75, 3.05) is 44.6 Å². The number of nitrogens with one attached hydrogen (secondary N) is 2. The Morgan fingerprint density at radius 2 is 1.95 bits per heavy atom. The van der Waals surface area contributed by atoms with E-state index in [0.717, 1.165) is 63.1 Å². The quantitative estimate of drug-likeness (QED) is 0.410. The average Bonchev–Trinajstić information content (AvgIpc) is 3.37. The van der Waals surface area contributed by atoms with Crippen molar-refractivity contribution in [1.82, 2.24) is 35.3 Å². The Morgan fingerprint density at radius 3 is 2.71 bits per heavy atom. The summed E-state index contributed by atoms with van der Waals surface area (Å²) in [5.74, 6) is 4.02. The van der Waals surface area contributed by atoms with Gasteiger partial charge < -0.3 is 15.5 Å². The molecule has 2 aromatic carbocycles. The molecule has 0 bridgehead atoms. The smallest absolute Gasteiger partial charge is 0.319 e. The molecule has 0 radical (unpaired) electrons. The minimum atomic E-state index is -0.217. The molecular weight excluding hydrogens is 519 g/mol. The molecule has 0 saturated carbocycles. The van der Waals surface area contributed by atoms with Gasteiger partial charge in [-0.2, -0.15) is 0 Å². The van der Waals surface area contributed by atoms with Gasteiger partial charge in [0.2, 0.25) is 0 Å². The van der Waals surface area contributed by atoms with Crippen LogP contribution in [0.2, 0.25) is 0 Å². The summed E-state index contributed by atoms with van der Waals surface area (Å²) in [5.41, 5.74) is 3.72. The maximum absolute atomic E-state index is 13.4. The van der Waals surface area contributed by atoms with Gasteiger partial charge in [0.1, 0.15) is 5.82 Å². The van der Waals surface area contributed by atoms with Gasteiger partial charge in [0.15, 0.2) is 5.82 Å². The molecule has 0 unspecified atom stereocenters. The Labute approximate surface area is 241 Å². The van der Waals surface area contributed by atoms with Crippen LogP contribution in [0.15, 0.2) is 42.5 Å². The van der Waals surface area contributed by atoms with Crippen LogP contribution in [0.3, 0.4) is 0 Å². The first-order chi connectivity index (χ1) is 19.9. The van der Waals surface area contributed by atoms with Gasteiger partial charge >= 0.3 is 6.03 Å². The van der Waals surface area contributed by atoms with Crippen molar-refractivity contribution in [2.45, 2.75) is 38.6 Å². The summed E-state index contributed by atoms with van der Waals surface area (Å²) in [6.07, 6.45) is 9.76. The van der Waals surface area contributed by atoms with Gasteiger partial charge in [0.25, 0.3) is 0 Å². The first-order valence-electron chi connectivity index (χ1n) is 14.4. The lowest BCUT2D eigenvalue weighted by molar-refractivity contribution is 0.0910. The van der Waals surface area contributed by atoms with Gasteiger partial charge in [-0.1, -0.05) is 18.1 Å². The molecule has 2 aliphatic rings. The number of likely N-dealkylation sites (tertiary alicyclic amines) is 2. The van der Waals surface area contributed by atoms with Crippen molar-refractivity contribution in [3.63, 3.8) is 0 Å². The molecule has 2 saturated heterocycles. The molecule has 3 aromatic rings. The SMILES string of the molecule is C#CCN1CC[C@@H](NC(=O)Nc2cc(C)cc(-c3nnnn3C)c2)[C@H](CN2CCC[C@@H](Cc3ccc(F)cc3)C2)C1. The lowest BCUT2D eigenvalue weighted by Crippen LogP contribution is -2.55. The summed E-state index contributed by atoms with van der Waals surface area (Å²) in [6, 6.07) is 12.5. The van der Waals surface area contributed by atoms with Crippen LogP contribution in [0.25, 0.3) is 11.4 Å². The molecule has 216 valence electrons. The number of amides is 2. The molecule has 10 heteroatoms. The highest BCUT2D eigenvalue weighted by atomic mass is 19.1. The standard InChI is InChI=1S/C31H39FN8O/c1-4-12-39-14-11-29(34-31(41)33-28-16-22(2)15-25(18-28)30-35-36-37-38(30)3)26(20-39)21-40-13-5-6-24(19-40)17-23-7-9-27(32)10-8-23/h1,7-10,15-16,18,24,26,29H,5-6,11-14,17,19-21H2,2-3H3,(H2,33,34,41)/t24-,26-,29+/m0/s1. The molecule has 2 amide bonds. The number of nitrogens with zero attached hydrogens (tertiary/aromatic N) is 6. The molecule has 41 heavy (non-hydrogen) atoms. The van der Waals surface area contributed by atoms with E-state index in [4.69, 9.17) is 6.42 Å². The van der Waals surface area contributed by atoms with E-state index < -0.39 is 0 Å². The number of tetrazole rings is 1. The number of halogens is 1. The van der Waals surface area contributed by atoms with E-state index in [1.807, 2.05) is 37.3 Å². The second-order valence-electron chi connectivity index (χ2n) is 11.5. The van der Waals surface area contributed by atoms with Gasteiger partial charge in [-0.25, -0.2) is 13.9 Å². The number of terminal acetylenes is 1. The van der Waals surface area contributed by atoms with Gasteiger partial charge in [0.05, 0.1) is 6.54 Å². The van der Waals surface area contributed by atoms with Crippen LogP contribution in [0, 0.1) is 36.9 Å². The lowest BCUT2D eigenvalue weighted by atomic mass is 9.88. The lowest BCUT2D eigenvalue weighted by Gasteiger charge is -2.42. The number of aromatic nitrogens is 4. The zero-order valence-electron chi connectivity index (χ0n) is 23.9. The minimum absolute atomic E-state index is 0.0359. The Morgan fingerprint density at radius 1 is 1.12 bits per heavy atom. The number of hydrogen-bond donors (Lipinski definition) is 2. The third-order valence-corrected chi connectivity index (χ3v) is 8.20. The summed E-state index contributed by atoms with van der Waals surface area (Å²) in [7, 11) is 1.79. The average molecular weight is 559 g/mol. The predicted molar refractivity (Wildman–Crippen MR) is 158 cm³/mol. The Hall–Kier alpha value is -3.81. The van der Waals surface area contributed by atoms with Crippen LogP contribution in [0.1, 0.15) is 30.4 Å². The van der Waals surface area contributed by atoms with Gasteiger partial charge in [-0.3, -0.25) is 4.90 Å². The van der Waals surface area contributed by atoms with Crippen molar-refractivity contribution in [3.8, 4) is 23.7 Å². The number of anilines is 1. The molecule has 2 fully saturated rings. The summed E-state index contributed by atoms with van der Waals surface area (Å²) in [6.45, 7) is 7.26. The highest BCUT2D eigenvalue weighted by Crippen LogP contribution is 2.26. The Balaban J connectivity index is 1.22. The number of rotatable bonds is 8. The van der Waals surface area contributed by atoms with Crippen molar-refractivity contribution in [1.29, 1.82) is 0 Å². The fraction of sp³-hybridized carbons (Fsp3) is 0.484. The van der Waals surface area contributed by atoms with E-state index in [-0.39, 0.29) is 23.8 Å². The predicted octanol–water partition coefficient (Wildman–Crippen LogP) is 3.72. The van der Waals surface area contributed by atoms with E-state index in [9.17, 15) is 9.18 Å². The van der Waals surface area contributed by atoms with Gasteiger partial charge in [-0.15, -0.1) is 11.5 Å². The molecule has 3 heterocycles. The van der Waals surface area contributed by atoms with Crippen LogP contribution >= 0.6 is 0 Å². The number of aryl methyl sites for hydroxylation is 2. The van der Waals surface area contributed by atoms with E-state index in [2.05, 4.69) is 41.9 Å².